The van der Waals surface area contributed by atoms with Crippen molar-refractivity contribution in [3.63, 3.8) is 0 Å². The van der Waals surface area contributed by atoms with Gasteiger partial charge in [0.05, 0.1) is 5.38 Å². The molecular formula is C11H11Cl2NO. The molecule has 4 heteroatoms. The number of nitrogens with zero attached hydrogens (tertiary/aromatic N) is 1. The summed E-state index contributed by atoms with van der Waals surface area (Å²) in [6.07, 6.45) is 0.410. The summed E-state index contributed by atoms with van der Waals surface area (Å²) in [5.41, 5.74) is 1.84. The highest BCUT2D eigenvalue weighted by molar-refractivity contribution is 6.31. The van der Waals surface area contributed by atoms with Crippen LogP contribution in [0.4, 0.5) is 5.69 Å². The van der Waals surface area contributed by atoms with E-state index in [9.17, 15) is 4.79 Å². The summed E-state index contributed by atoms with van der Waals surface area (Å²) < 4.78 is 0. The highest BCUT2D eigenvalue weighted by Crippen LogP contribution is 2.27. The van der Waals surface area contributed by atoms with Crippen molar-refractivity contribution in [3.8, 4) is 0 Å². The predicted octanol–water partition coefficient (Wildman–Crippen LogP) is 2.99. The lowest BCUT2D eigenvalue weighted by Crippen LogP contribution is -2.24. The van der Waals surface area contributed by atoms with Crippen molar-refractivity contribution in [1.82, 2.24) is 0 Å². The monoisotopic (exact) mass is 243 g/mol. The minimum atomic E-state index is -0.0856. The third-order valence-electron chi connectivity index (χ3n) is 2.54. The van der Waals surface area contributed by atoms with E-state index < -0.39 is 0 Å². The van der Waals surface area contributed by atoms with E-state index in [-0.39, 0.29) is 11.3 Å². The predicted molar refractivity (Wildman–Crippen MR) is 62.8 cm³/mol. The molecule has 80 valence electrons. The van der Waals surface area contributed by atoms with E-state index in [2.05, 4.69) is 0 Å². The Morgan fingerprint density at radius 1 is 1.47 bits per heavy atom. The van der Waals surface area contributed by atoms with Gasteiger partial charge in [-0.25, -0.2) is 0 Å². The molecular weight excluding hydrogens is 233 g/mol. The molecule has 1 aromatic carbocycles. The summed E-state index contributed by atoms with van der Waals surface area (Å²) in [4.78, 5) is 13.3. The second-order valence-electron chi connectivity index (χ2n) is 3.74. The standard InChI is InChI=1S/C11H11Cl2NO/c1-7-2-3-9(5-10(7)13)14-6-8(12)4-11(14)15/h2-3,5,8H,4,6H2,1H3. The Morgan fingerprint density at radius 2 is 2.20 bits per heavy atom. The van der Waals surface area contributed by atoms with Gasteiger partial charge in [-0.05, 0) is 24.6 Å². The number of rotatable bonds is 1. The van der Waals surface area contributed by atoms with E-state index in [1.807, 2.05) is 25.1 Å². The smallest absolute Gasteiger partial charge is 0.228 e. The number of benzene rings is 1. The molecule has 1 amide bonds. The molecule has 1 unspecified atom stereocenters. The number of aryl methyl sites for hydroxylation is 1. The average Bonchev–Trinajstić information content (AvgIpc) is 2.50. The summed E-state index contributed by atoms with van der Waals surface area (Å²) in [7, 11) is 0. The van der Waals surface area contributed by atoms with E-state index >= 15 is 0 Å². The normalized spacial score (nSPS) is 21.1. The molecule has 0 radical (unpaired) electrons. The summed E-state index contributed by atoms with van der Waals surface area (Å²) >= 11 is 11.9. The van der Waals surface area contributed by atoms with Gasteiger partial charge in [0.1, 0.15) is 0 Å². The molecule has 1 heterocycles. The molecule has 1 aromatic rings. The van der Waals surface area contributed by atoms with Gasteiger partial charge in [0.2, 0.25) is 5.91 Å². The zero-order chi connectivity index (χ0) is 11.0. The van der Waals surface area contributed by atoms with Gasteiger partial charge in [-0.3, -0.25) is 4.79 Å². The zero-order valence-electron chi connectivity index (χ0n) is 8.34. The Bertz CT molecular complexity index is 406. The van der Waals surface area contributed by atoms with Crippen molar-refractivity contribution in [3.05, 3.63) is 28.8 Å². The van der Waals surface area contributed by atoms with Gasteiger partial charge in [0, 0.05) is 23.7 Å². The van der Waals surface area contributed by atoms with Crippen molar-refractivity contribution < 1.29 is 4.79 Å². The Morgan fingerprint density at radius 3 is 2.73 bits per heavy atom. The Balaban J connectivity index is 2.30. The first-order valence-corrected chi connectivity index (χ1v) is 5.60. The Hall–Kier alpha value is -0.730. The number of carbonyl (C=O) groups excluding carboxylic acids is 1. The number of hydrogen-bond donors (Lipinski definition) is 0. The van der Waals surface area contributed by atoms with E-state index in [0.29, 0.717) is 18.0 Å². The third kappa shape index (κ3) is 2.11. The van der Waals surface area contributed by atoms with Crippen LogP contribution >= 0.6 is 23.2 Å². The van der Waals surface area contributed by atoms with Crippen LogP contribution in [-0.4, -0.2) is 17.8 Å². The van der Waals surface area contributed by atoms with Crippen LogP contribution in [0.2, 0.25) is 5.02 Å². The molecule has 1 saturated heterocycles. The summed E-state index contributed by atoms with van der Waals surface area (Å²) in [5, 5.41) is 0.593. The number of hydrogen-bond acceptors (Lipinski definition) is 1. The van der Waals surface area contributed by atoms with Crippen molar-refractivity contribution >= 4 is 34.8 Å². The summed E-state index contributed by atoms with van der Waals surface area (Å²) in [5.74, 6) is 0.0647. The van der Waals surface area contributed by atoms with Crippen molar-refractivity contribution in [2.75, 3.05) is 11.4 Å². The van der Waals surface area contributed by atoms with Gasteiger partial charge in [-0.15, -0.1) is 11.6 Å². The number of anilines is 1. The lowest BCUT2D eigenvalue weighted by atomic mass is 10.2. The highest BCUT2D eigenvalue weighted by atomic mass is 35.5. The summed E-state index contributed by atoms with van der Waals surface area (Å²) in [6.45, 7) is 2.50. The van der Waals surface area contributed by atoms with E-state index in [0.717, 1.165) is 11.3 Å². The molecule has 0 spiro atoms. The molecule has 0 bridgehead atoms. The van der Waals surface area contributed by atoms with Crippen molar-refractivity contribution in [2.24, 2.45) is 0 Å². The first-order valence-electron chi connectivity index (χ1n) is 4.78. The second-order valence-corrected chi connectivity index (χ2v) is 4.76. The van der Waals surface area contributed by atoms with Crippen LogP contribution in [0.1, 0.15) is 12.0 Å². The SMILES string of the molecule is Cc1ccc(N2CC(Cl)CC2=O)cc1Cl. The van der Waals surface area contributed by atoms with Gasteiger partial charge in [-0.2, -0.15) is 0 Å². The van der Waals surface area contributed by atoms with Gasteiger partial charge >= 0.3 is 0 Å². The van der Waals surface area contributed by atoms with Gasteiger partial charge < -0.3 is 4.90 Å². The van der Waals surface area contributed by atoms with Crippen LogP contribution < -0.4 is 4.90 Å². The minimum Gasteiger partial charge on any atom is -0.311 e. The van der Waals surface area contributed by atoms with Crippen LogP contribution in [0.5, 0.6) is 0 Å². The minimum absolute atomic E-state index is 0.0647. The molecule has 0 aliphatic carbocycles. The number of carbonyl (C=O) groups is 1. The first kappa shape index (κ1) is 10.8. The highest BCUT2D eigenvalue weighted by Gasteiger charge is 2.29. The lowest BCUT2D eigenvalue weighted by Gasteiger charge is -2.16. The molecule has 2 nitrogen and oxygen atoms in total. The maximum absolute atomic E-state index is 11.6. The molecule has 1 aliphatic rings. The third-order valence-corrected chi connectivity index (χ3v) is 3.24. The number of alkyl halides is 1. The molecule has 2 rings (SSSR count). The van der Waals surface area contributed by atoms with Gasteiger partial charge in [0.15, 0.2) is 0 Å². The largest absolute Gasteiger partial charge is 0.311 e. The number of amides is 1. The second kappa shape index (κ2) is 4.03. The van der Waals surface area contributed by atoms with Crippen LogP contribution in [0.15, 0.2) is 18.2 Å². The molecule has 1 fully saturated rings. The Kier molecular flexibility index (Phi) is 2.89. The lowest BCUT2D eigenvalue weighted by molar-refractivity contribution is -0.117. The van der Waals surface area contributed by atoms with Gasteiger partial charge in [-0.1, -0.05) is 17.7 Å². The Labute approximate surface area is 98.8 Å². The average molecular weight is 244 g/mol. The van der Waals surface area contributed by atoms with Crippen LogP contribution in [0.3, 0.4) is 0 Å². The molecule has 0 N–H and O–H groups in total. The molecule has 1 atom stereocenters. The fourth-order valence-corrected chi connectivity index (χ4v) is 2.11. The molecule has 0 aromatic heterocycles. The number of halogens is 2. The molecule has 0 saturated carbocycles. The zero-order valence-corrected chi connectivity index (χ0v) is 9.85. The molecule has 1 aliphatic heterocycles. The van der Waals surface area contributed by atoms with Crippen LogP contribution in [0, 0.1) is 6.92 Å². The maximum Gasteiger partial charge on any atom is 0.228 e. The summed E-state index contributed by atoms with van der Waals surface area (Å²) in [6, 6.07) is 5.62. The fourth-order valence-electron chi connectivity index (χ4n) is 1.66. The van der Waals surface area contributed by atoms with E-state index in [4.69, 9.17) is 23.2 Å². The topological polar surface area (TPSA) is 20.3 Å². The first-order chi connectivity index (χ1) is 7.08. The van der Waals surface area contributed by atoms with E-state index in [1.165, 1.54) is 0 Å². The fraction of sp³-hybridized carbons (Fsp3) is 0.364. The van der Waals surface area contributed by atoms with E-state index in [1.54, 1.807) is 4.90 Å². The van der Waals surface area contributed by atoms with Gasteiger partial charge in [0.25, 0.3) is 0 Å². The van der Waals surface area contributed by atoms with Crippen molar-refractivity contribution in [2.45, 2.75) is 18.7 Å². The van der Waals surface area contributed by atoms with Crippen LogP contribution in [-0.2, 0) is 4.79 Å². The van der Waals surface area contributed by atoms with Crippen LogP contribution in [0.25, 0.3) is 0 Å². The molecule has 15 heavy (non-hydrogen) atoms. The quantitative estimate of drug-likeness (QED) is 0.695. The maximum atomic E-state index is 11.6. The van der Waals surface area contributed by atoms with Crippen molar-refractivity contribution in [1.29, 1.82) is 0 Å².